The van der Waals surface area contributed by atoms with Gasteiger partial charge in [-0.2, -0.15) is 5.10 Å². The van der Waals surface area contributed by atoms with Crippen LogP contribution in [-0.4, -0.2) is 50.8 Å². The Morgan fingerprint density at radius 1 is 1.08 bits per heavy atom. The highest BCUT2D eigenvalue weighted by Crippen LogP contribution is 2.34. The highest BCUT2D eigenvalue weighted by Gasteiger charge is 2.30. The average Bonchev–Trinajstić information content (AvgIpc) is 2.91. The van der Waals surface area contributed by atoms with E-state index in [2.05, 4.69) is 15.3 Å². The molecular weight excluding hydrogens is 478 g/mol. The fourth-order valence-corrected chi connectivity index (χ4v) is 4.60. The number of rotatable bonds is 9. The van der Waals surface area contributed by atoms with Crippen LogP contribution in [0.1, 0.15) is 42.0 Å². The Bertz CT molecular complexity index is 1250. The average molecular weight is 506 g/mol. The van der Waals surface area contributed by atoms with E-state index in [9.17, 15) is 9.59 Å². The molecule has 1 aromatic heterocycles. The zero-order valence-electron chi connectivity index (χ0n) is 20.3. The van der Waals surface area contributed by atoms with Gasteiger partial charge in [0.05, 0.1) is 31.2 Å². The van der Waals surface area contributed by atoms with Crippen molar-refractivity contribution in [2.24, 2.45) is 5.10 Å². The second-order valence-corrected chi connectivity index (χ2v) is 9.00. The van der Waals surface area contributed by atoms with Crippen molar-refractivity contribution in [3.63, 3.8) is 0 Å². The van der Waals surface area contributed by atoms with Crippen LogP contribution in [-0.2, 0) is 6.54 Å². The predicted molar refractivity (Wildman–Crippen MR) is 140 cm³/mol. The number of methoxy groups -OCH3 is 1. The first-order chi connectivity index (χ1) is 17.5. The number of thioether (sulfide) groups is 1. The molecule has 10 heteroatoms. The molecule has 186 valence electrons. The number of benzene rings is 2. The number of hydrogen-bond donors (Lipinski definition) is 1. The Labute approximate surface area is 213 Å². The van der Waals surface area contributed by atoms with Crippen molar-refractivity contribution in [1.82, 2.24) is 15.0 Å². The molecule has 0 saturated heterocycles. The topological polar surface area (TPSA) is 106 Å². The SMILES string of the molecule is CCOc1ccc(C2=NN(Cc3ccc(NC(=O)c4ncccn4)cc3)C(=O)SC2CC)cc1OC. The van der Waals surface area contributed by atoms with Crippen LogP contribution in [0, 0.1) is 0 Å². The van der Waals surface area contributed by atoms with Gasteiger partial charge in [0.2, 0.25) is 5.82 Å². The lowest BCUT2D eigenvalue weighted by Gasteiger charge is -2.28. The third-order valence-corrected chi connectivity index (χ3v) is 6.68. The largest absolute Gasteiger partial charge is 0.493 e. The predicted octanol–water partition coefficient (Wildman–Crippen LogP) is 4.99. The highest BCUT2D eigenvalue weighted by atomic mass is 32.2. The van der Waals surface area contributed by atoms with E-state index in [-0.39, 0.29) is 16.3 Å². The first-order valence-electron chi connectivity index (χ1n) is 11.6. The monoisotopic (exact) mass is 505 g/mol. The van der Waals surface area contributed by atoms with E-state index in [0.29, 0.717) is 30.3 Å². The van der Waals surface area contributed by atoms with Crippen molar-refractivity contribution in [2.75, 3.05) is 19.0 Å². The van der Waals surface area contributed by atoms with Crippen LogP contribution < -0.4 is 14.8 Å². The van der Waals surface area contributed by atoms with Gasteiger partial charge < -0.3 is 14.8 Å². The van der Waals surface area contributed by atoms with E-state index in [1.54, 1.807) is 25.3 Å². The maximum atomic E-state index is 12.8. The second-order valence-electron chi connectivity index (χ2n) is 7.85. The van der Waals surface area contributed by atoms with Crippen LogP contribution in [0.3, 0.4) is 0 Å². The van der Waals surface area contributed by atoms with E-state index in [1.165, 1.54) is 29.2 Å². The summed E-state index contributed by atoms with van der Waals surface area (Å²) in [6.45, 7) is 4.80. The van der Waals surface area contributed by atoms with Crippen molar-refractivity contribution < 1.29 is 19.1 Å². The fraction of sp³-hybridized carbons (Fsp3) is 0.269. The van der Waals surface area contributed by atoms with Gasteiger partial charge >= 0.3 is 5.24 Å². The molecule has 3 aromatic rings. The first kappa shape index (κ1) is 25.2. The van der Waals surface area contributed by atoms with Crippen molar-refractivity contribution in [3.05, 3.63) is 77.9 Å². The van der Waals surface area contributed by atoms with Gasteiger partial charge in [0.25, 0.3) is 5.91 Å². The molecule has 1 N–H and O–H groups in total. The minimum atomic E-state index is -0.392. The summed E-state index contributed by atoms with van der Waals surface area (Å²) < 4.78 is 11.1. The lowest BCUT2D eigenvalue weighted by Crippen LogP contribution is -2.34. The number of amides is 2. The van der Waals surface area contributed by atoms with E-state index in [0.717, 1.165) is 23.3 Å². The van der Waals surface area contributed by atoms with E-state index in [1.807, 2.05) is 44.2 Å². The number of carbonyl (C=O) groups is 2. The number of hydrogen-bond acceptors (Lipinski definition) is 8. The molecule has 0 fully saturated rings. The highest BCUT2D eigenvalue weighted by molar-refractivity contribution is 8.14. The minimum absolute atomic E-state index is 0.0609. The number of anilines is 1. The Morgan fingerprint density at radius 2 is 1.83 bits per heavy atom. The smallest absolute Gasteiger partial charge is 0.302 e. The molecular formula is C26H27N5O4S. The van der Waals surface area contributed by atoms with Gasteiger partial charge in [0.1, 0.15) is 0 Å². The zero-order valence-corrected chi connectivity index (χ0v) is 21.1. The van der Waals surface area contributed by atoms with Gasteiger partial charge in [-0.05, 0) is 55.3 Å². The number of carbonyl (C=O) groups excluding carboxylic acids is 2. The van der Waals surface area contributed by atoms with Crippen molar-refractivity contribution in [1.29, 1.82) is 0 Å². The maximum Gasteiger partial charge on any atom is 0.302 e. The molecule has 2 heterocycles. The molecule has 2 amide bonds. The molecule has 36 heavy (non-hydrogen) atoms. The molecule has 1 atom stereocenters. The molecule has 4 rings (SSSR count). The second kappa shape index (κ2) is 11.7. The van der Waals surface area contributed by atoms with E-state index < -0.39 is 5.91 Å². The minimum Gasteiger partial charge on any atom is -0.493 e. The van der Waals surface area contributed by atoms with Gasteiger partial charge in [-0.15, -0.1) is 0 Å². The maximum absolute atomic E-state index is 12.8. The Balaban J connectivity index is 1.52. The summed E-state index contributed by atoms with van der Waals surface area (Å²) in [6, 6.07) is 14.6. The number of nitrogens with zero attached hydrogens (tertiary/aromatic N) is 4. The zero-order chi connectivity index (χ0) is 25.5. The number of hydrazone groups is 1. The summed E-state index contributed by atoms with van der Waals surface area (Å²) in [5, 5.41) is 8.81. The Hall–Kier alpha value is -3.92. The summed E-state index contributed by atoms with van der Waals surface area (Å²) in [6.07, 6.45) is 3.79. The number of aromatic nitrogens is 2. The van der Waals surface area contributed by atoms with Crippen LogP contribution >= 0.6 is 11.8 Å². The van der Waals surface area contributed by atoms with Crippen molar-refractivity contribution >= 4 is 34.3 Å². The van der Waals surface area contributed by atoms with E-state index in [4.69, 9.17) is 14.6 Å². The van der Waals surface area contributed by atoms with E-state index >= 15 is 0 Å². The molecule has 0 spiro atoms. The molecule has 0 aliphatic carbocycles. The molecule has 1 aliphatic heterocycles. The van der Waals surface area contributed by atoms with Gasteiger partial charge in [-0.1, -0.05) is 30.8 Å². The van der Waals surface area contributed by atoms with Gasteiger partial charge in [0, 0.05) is 23.6 Å². The third kappa shape index (κ3) is 5.83. The molecule has 9 nitrogen and oxygen atoms in total. The quantitative estimate of drug-likeness (QED) is 0.437. The number of ether oxygens (including phenoxy) is 2. The van der Waals surface area contributed by atoms with Crippen molar-refractivity contribution in [3.8, 4) is 11.5 Å². The summed E-state index contributed by atoms with van der Waals surface area (Å²) >= 11 is 1.27. The summed E-state index contributed by atoms with van der Waals surface area (Å²) in [4.78, 5) is 33.0. The fourth-order valence-electron chi connectivity index (χ4n) is 3.67. The first-order valence-corrected chi connectivity index (χ1v) is 12.5. The van der Waals surface area contributed by atoms with Gasteiger partial charge in [-0.25, -0.2) is 15.0 Å². The molecule has 0 bridgehead atoms. The summed E-state index contributed by atoms with van der Waals surface area (Å²) in [7, 11) is 1.60. The van der Waals surface area contributed by atoms with Crippen LogP contribution in [0.15, 0.2) is 66.0 Å². The summed E-state index contributed by atoms with van der Waals surface area (Å²) in [5.74, 6) is 0.992. The molecule has 0 saturated carbocycles. The van der Waals surface area contributed by atoms with Gasteiger partial charge in [-0.3, -0.25) is 9.59 Å². The molecule has 1 aliphatic rings. The van der Waals surface area contributed by atoms with Crippen LogP contribution in [0.5, 0.6) is 11.5 Å². The normalized spacial score (nSPS) is 15.3. The third-order valence-electron chi connectivity index (χ3n) is 5.43. The van der Waals surface area contributed by atoms with Crippen LogP contribution in [0.25, 0.3) is 0 Å². The number of nitrogens with one attached hydrogen (secondary N) is 1. The Morgan fingerprint density at radius 3 is 2.50 bits per heavy atom. The Kier molecular flexibility index (Phi) is 8.17. The standard InChI is InChI=1S/C26H27N5O4S/c1-4-22-23(18-9-12-20(35-5-2)21(15-18)34-3)30-31(26(33)36-22)16-17-7-10-19(11-8-17)29-25(32)24-27-13-6-14-28-24/h6-15,22H,4-5,16H2,1-3H3,(H,29,32). The van der Waals surface area contributed by atoms with Crippen LogP contribution in [0.2, 0.25) is 0 Å². The molecule has 2 aromatic carbocycles. The lowest BCUT2D eigenvalue weighted by molar-refractivity contribution is 0.101. The molecule has 0 radical (unpaired) electrons. The lowest BCUT2D eigenvalue weighted by atomic mass is 10.0. The molecule has 1 unspecified atom stereocenters. The van der Waals surface area contributed by atoms with Crippen molar-refractivity contribution in [2.45, 2.75) is 32.1 Å². The summed E-state index contributed by atoms with van der Waals surface area (Å²) in [5.41, 5.74) is 3.18. The van der Waals surface area contributed by atoms with Gasteiger partial charge in [0.15, 0.2) is 11.5 Å². The van der Waals surface area contributed by atoms with Crippen LogP contribution in [0.4, 0.5) is 10.5 Å².